The summed E-state index contributed by atoms with van der Waals surface area (Å²) in [5.41, 5.74) is 17.5. The van der Waals surface area contributed by atoms with E-state index in [2.05, 4.69) is 52.6 Å². The lowest BCUT2D eigenvalue weighted by molar-refractivity contribution is 0.250. The normalized spacial score (nSPS) is 36.3. The van der Waals surface area contributed by atoms with E-state index in [1.807, 2.05) is 49.7 Å². The van der Waals surface area contributed by atoms with Crippen molar-refractivity contribution >= 4 is 59.9 Å². The van der Waals surface area contributed by atoms with Gasteiger partial charge in [0.05, 0.1) is 0 Å². The predicted octanol–water partition coefficient (Wildman–Crippen LogP) is 5.74. The van der Waals surface area contributed by atoms with Gasteiger partial charge in [0.25, 0.3) is 0 Å². The topological polar surface area (TPSA) is 64.6 Å². The van der Waals surface area contributed by atoms with Crippen LogP contribution in [-0.2, 0) is 28.8 Å². The first kappa shape index (κ1) is 32.8. The molecule has 0 aromatic rings. The Hall–Kier alpha value is -1.36. The second kappa shape index (κ2) is 12.0. The fourth-order valence-electron chi connectivity index (χ4n) is 3.96. The lowest BCUT2D eigenvalue weighted by Crippen LogP contribution is -2.67. The van der Waals surface area contributed by atoms with Crippen molar-refractivity contribution in [3.8, 4) is 0 Å². The Kier molecular flexibility index (Phi) is 10.4. The zero-order valence-corrected chi connectivity index (χ0v) is 29.9. The van der Waals surface area contributed by atoms with Gasteiger partial charge in [-0.2, -0.15) is 0 Å². The second-order valence-corrected chi connectivity index (χ2v) is 31.4. The molecule has 0 amide bonds. The maximum absolute atomic E-state index is 6.65. The van der Waals surface area contributed by atoms with Crippen LogP contribution in [0.3, 0.4) is 0 Å². The zero-order chi connectivity index (χ0) is 28.9. The molecule has 2 aliphatic heterocycles. The van der Waals surface area contributed by atoms with Crippen LogP contribution in [-0.4, -0.2) is 59.9 Å². The average molecular weight is 637 g/mol. The van der Waals surface area contributed by atoms with Gasteiger partial charge in [-0.25, -0.2) is 0 Å². The van der Waals surface area contributed by atoms with Gasteiger partial charge in [-0.15, -0.1) is 52.6 Å². The van der Waals surface area contributed by atoms with E-state index < -0.39 is 59.9 Å². The van der Waals surface area contributed by atoms with E-state index in [1.165, 1.54) is 0 Å². The molecule has 2 atom stereocenters. The Morgan fingerprint density at radius 2 is 0.632 bits per heavy atom. The van der Waals surface area contributed by atoms with Crippen molar-refractivity contribution < 1.29 is 28.8 Å². The molecule has 0 saturated carbocycles. The Bertz CT molecular complexity index is 1000. The highest BCUT2D eigenvalue weighted by Gasteiger charge is 2.57. The minimum atomic E-state index is -3.13. The molecule has 0 aromatic heterocycles. The first-order valence-electron chi connectivity index (χ1n) is 12.0. The Labute approximate surface area is 235 Å². The van der Waals surface area contributed by atoms with E-state index in [9.17, 15) is 0 Å². The molecule has 0 bridgehead atoms. The molecule has 2 unspecified atom stereocenters. The van der Waals surface area contributed by atoms with Crippen LogP contribution in [0.25, 0.3) is 0 Å². The smallest absolute Gasteiger partial charge is 0.374 e. The largest absolute Gasteiger partial charge is 0.410 e. The number of hydrogen-bond acceptors (Lipinski definition) is 7. The van der Waals surface area contributed by atoms with Crippen molar-refractivity contribution in [1.29, 1.82) is 0 Å². The van der Waals surface area contributed by atoms with Gasteiger partial charge >= 0.3 is 59.9 Å². The molecule has 0 aliphatic carbocycles. The summed E-state index contributed by atoms with van der Waals surface area (Å²) in [5.74, 6) is 0. The summed E-state index contributed by atoms with van der Waals surface area (Å²) in [6.07, 6.45) is 3.72. The lowest BCUT2D eigenvalue weighted by atomic mass is 10.6. The Morgan fingerprint density at radius 1 is 0.342 bits per heavy atom. The van der Waals surface area contributed by atoms with Gasteiger partial charge in [0.1, 0.15) is 0 Å². The van der Waals surface area contributed by atoms with Crippen LogP contribution >= 0.6 is 0 Å². The van der Waals surface area contributed by atoms with Gasteiger partial charge in [-0.1, -0.05) is 29.2 Å². The van der Waals surface area contributed by atoms with Gasteiger partial charge in [0, 0.05) is 0 Å². The van der Waals surface area contributed by atoms with Crippen molar-refractivity contribution in [2.24, 2.45) is 0 Å². The van der Waals surface area contributed by atoms with E-state index in [4.69, 9.17) is 28.8 Å². The Morgan fingerprint density at radius 3 is 0.947 bits per heavy atom. The third-order valence-corrected chi connectivity index (χ3v) is 33.1. The highest BCUT2D eigenvalue weighted by atomic mass is 28.5. The molecule has 2 saturated heterocycles. The van der Waals surface area contributed by atoms with Crippen molar-refractivity contribution in [3.05, 3.63) is 122 Å². The highest BCUT2D eigenvalue weighted by Crippen LogP contribution is 2.35. The van der Waals surface area contributed by atoms with Crippen LogP contribution in [0.2, 0.25) is 26.2 Å². The van der Waals surface area contributed by atoms with Gasteiger partial charge in [-0.3, -0.25) is 0 Å². The molecule has 2 rings (SSSR count). The molecule has 0 radical (unpaired) electrons. The molecule has 206 valence electrons. The summed E-state index contributed by atoms with van der Waals surface area (Å²) in [6.45, 7) is 39.4. The van der Waals surface area contributed by atoms with Crippen molar-refractivity contribution in [1.82, 2.24) is 0 Å². The summed E-state index contributed by atoms with van der Waals surface area (Å²) in [6, 6.07) is 0. The molecule has 0 aromatic carbocycles. The lowest BCUT2D eigenvalue weighted by Gasteiger charge is -2.47. The number of rotatable bonds is 11. The maximum Gasteiger partial charge on any atom is 0.374 e. The fraction of sp³-hybridized carbons (Fsp3) is 0.167. The summed E-state index contributed by atoms with van der Waals surface area (Å²) in [4.78, 5) is 0. The molecule has 0 N–H and O–H groups in total. The van der Waals surface area contributed by atoms with Crippen molar-refractivity contribution in [2.75, 3.05) is 0 Å². The van der Waals surface area contributed by atoms with Crippen molar-refractivity contribution in [2.45, 2.75) is 26.2 Å². The molecule has 14 heteroatoms. The first-order chi connectivity index (χ1) is 17.6. The Balaban J connectivity index is 2.47. The summed E-state index contributed by atoms with van der Waals surface area (Å²) in [7, 11) is -20.6. The van der Waals surface area contributed by atoms with Crippen LogP contribution < -0.4 is 0 Å². The van der Waals surface area contributed by atoms with Gasteiger partial charge in [-0.05, 0) is 66.1 Å². The summed E-state index contributed by atoms with van der Waals surface area (Å²) >= 11 is 0. The van der Waals surface area contributed by atoms with Gasteiger partial charge < -0.3 is 28.8 Å². The highest BCUT2D eigenvalue weighted by molar-refractivity contribution is 7.03. The predicted molar refractivity (Wildman–Crippen MR) is 171 cm³/mol. The average Bonchev–Trinajstić information content (AvgIpc) is 2.89. The maximum atomic E-state index is 6.65. The van der Waals surface area contributed by atoms with E-state index >= 15 is 0 Å². The van der Waals surface area contributed by atoms with Gasteiger partial charge in [0.15, 0.2) is 0 Å². The van der Waals surface area contributed by atoms with Crippen LogP contribution in [0.4, 0.5) is 0 Å². The van der Waals surface area contributed by atoms with E-state index in [0.29, 0.717) is 0 Å². The fourth-order valence-corrected chi connectivity index (χ4v) is 34.3. The number of hydrogen-bond donors (Lipinski definition) is 0. The quantitative estimate of drug-likeness (QED) is 0.212. The third kappa shape index (κ3) is 7.23. The number of allylic oxidation sites excluding steroid dienone is 2. The molecule has 2 aliphatic rings. The standard InChI is InChI=1S/C24H40O7Si7/c1-13-32(9)25-33(10,14-2)27-35(12,28-34(11,15-3)26-32)23-21-22-24-38(20-8)30-36(16-4,17-5)29-37(18-6,19-7)31-38/h13-24H,1-8H2,9-12H3/b23-21+,24-22+. The third-order valence-electron chi connectivity index (χ3n) is 5.95. The molecule has 0 spiro atoms. The van der Waals surface area contributed by atoms with E-state index in [1.54, 1.807) is 45.6 Å². The molecule has 38 heavy (non-hydrogen) atoms. The van der Waals surface area contributed by atoms with Crippen molar-refractivity contribution in [3.63, 3.8) is 0 Å². The molecular weight excluding hydrogens is 597 g/mol. The van der Waals surface area contributed by atoms with E-state index in [-0.39, 0.29) is 0 Å². The minimum Gasteiger partial charge on any atom is -0.410 e. The summed E-state index contributed by atoms with van der Waals surface area (Å²) < 4.78 is 45.4. The van der Waals surface area contributed by atoms with Crippen LogP contribution in [0, 0.1) is 0 Å². The molecular formula is C24H40O7Si7. The molecule has 7 nitrogen and oxygen atoms in total. The molecule has 2 heterocycles. The van der Waals surface area contributed by atoms with Crippen LogP contribution in [0.5, 0.6) is 0 Å². The van der Waals surface area contributed by atoms with Crippen LogP contribution in [0.15, 0.2) is 122 Å². The second-order valence-electron chi connectivity index (χ2n) is 9.29. The molecule has 2 fully saturated rings. The van der Waals surface area contributed by atoms with E-state index in [0.717, 1.165) is 0 Å². The first-order valence-corrected chi connectivity index (χ1v) is 27.5. The monoisotopic (exact) mass is 636 g/mol. The zero-order valence-electron chi connectivity index (χ0n) is 22.9. The van der Waals surface area contributed by atoms with Gasteiger partial charge in [0.2, 0.25) is 0 Å². The SMILES string of the molecule is C=C[Si]1(C)O[Si](C)(C=C)O[Si](C)(/C=C/C=C/[Si]2(C=C)O[Si](C=C)(C=C)O[Si](C=C)(C=C)O2)O[Si](C)(C=C)O1. The summed E-state index contributed by atoms with van der Waals surface area (Å²) in [5, 5.41) is 0. The van der Waals surface area contributed by atoms with Crippen LogP contribution in [0.1, 0.15) is 0 Å². The minimum absolute atomic E-state index is 1.68.